The molecule has 72 valence electrons. The molecule has 2 heteroatoms. The summed E-state index contributed by atoms with van der Waals surface area (Å²) < 4.78 is 0. The quantitative estimate of drug-likeness (QED) is 0.486. The Morgan fingerprint density at radius 3 is 2.42 bits per heavy atom. The Bertz CT molecular complexity index is 146. The fourth-order valence-electron chi connectivity index (χ4n) is 0.743. The molecule has 2 N–H and O–H groups in total. The zero-order valence-corrected chi connectivity index (χ0v) is 8.65. The summed E-state index contributed by atoms with van der Waals surface area (Å²) in [6, 6.07) is 0. The average Bonchev–Trinajstić information content (AvgIpc) is 1.98. The lowest BCUT2D eigenvalue weighted by Gasteiger charge is -2.21. The van der Waals surface area contributed by atoms with Crippen molar-refractivity contribution in [3.8, 4) is 0 Å². The van der Waals surface area contributed by atoms with Gasteiger partial charge in [0.05, 0.1) is 0 Å². The largest absolute Gasteiger partial charge is 0.396 e. The Morgan fingerprint density at radius 2 is 2.00 bits per heavy atom. The second-order valence-corrected chi connectivity index (χ2v) is 4.23. The third kappa shape index (κ3) is 6.38. The summed E-state index contributed by atoms with van der Waals surface area (Å²) in [5.74, 6) is 0. The Morgan fingerprint density at radius 1 is 1.42 bits per heavy atom. The molecule has 0 atom stereocenters. The summed E-state index contributed by atoms with van der Waals surface area (Å²) in [4.78, 5) is 0. The summed E-state index contributed by atoms with van der Waals surface area (Å²) in [6.45, 7) is 10.2. The molecule has 0 aromatic rings. The molecule has 0 aromatic carbocycles. The maximum atomic E-state index is 8.95. The van der Waals surface area contributed by atoms with Gasteiger partial charge in [0, 0.05) is 25.1 Å². The second-order valence-electron chi connectivity index (χ2n) is 4.23. The first kappa shape index (κ1) is 11.7. The fraction of sp³-hybridized carbons (Fsp3) is 0.800. The van der Waals surface area contributed by atoms with Crippen molar-refractivity contribution in [3.05, 3.63) is 11.6 Å². The normalized spacial score (nSPS) is 11.4. The Kier molecular flexibility index (Phi) is 5.18. The van der Waals surface area contributed by atoms with E-state index in [1.165, 1.54) is 5.57 Å². The van der Waals surface area contributed by atoms with Gasteiger partial charge in [0.1, 0.15) is 0 Å². The van der Waals surface area contributed by atoms with Gasteiger partial charge in [0.15, 0.2) is 0 Å². The summed E-state index contributed by atoms with van der Waals surface area (Å²) >= 11 is 0. The molecule has 0 bridgehead atoms. The van der Waals surface area contributed by atoms with Crippen LogP contribution in [0.5, 0.6) is 0 Å². The molecule has 0 heterocycles. The summed E-state index contributed by atoms with van der Waals surface area (Å²) in [5.41, 5.74) is 1.32. The lowest BCUT2D eigenvalue weighted by Crippen LogP contribution is -2.32. The van der Waals surface area contributed by atoms with E-state index in [9.17, 15) is 0 Å². The van der Waals surface area contributed by atoms with E-state index in [1.54, 1.807) is 0 Å². The maximum Gasteiger partial charge on any atom is 0.0494 e. The minimum Gasteiger partial charge on any atom is -0.396 e. The Hall–Kier alpha value is -0.340. The van der Waals surface area contributed by atoms with Crippen molar-refractivity contribution in [3.63, 3.8) is 0 Å². The number of hydrogen-bond donors (Lipinski definition) is 2. The molecule has 0 spiro atoms. The molecule has 0 radical (unpaired) electrons. The topological polar surface area (TPSA) is 32.3 Å². The summed E-state index contributed by atoms with van der Waals surface area (Å²) in [5, 5.41) is 12.2. The van der Waals surface area contributed by atoms with Gasteiger partial charge in [0.25, 0.3) is 0 Å². The van der Waals surface area contributed by atoms with Gasteiger partial charge < -0.3 is 10.4 Å². The molecule has 2 nitrogen and oxygen atoms in total. The maximum absolute atomic E-state index is 8.95. The van der Waals surface area contributed by atoms with Crippen LogP contribution in [0.4, 0.5) is 0 Å². The van der Waals surface area contributed by atoms with Crippen molar-refractivity contribution in [2.75, 3.05) is 19.7 Å². The monoisotopic (exact) mass is 171 g/mol. The lowest BCUT2D eigenvalue weighted by atomic mass is 9.95. The molecular weight excluding hydrogens is 150 g/mol. The highest BCUT2D eigenvalue weighted by Crippen LogP contribution is 2.10. The van der Waals surface area contributed by atoms with Crippen LogP contribution in [-0.2, 0) is 0 Å². The van der Waals surface area contributed by atoms with Gasteiger partial charge in [-0.1, -0.05) is 25.5 Å². The van der Waals surface area contributed by atoms with Crippen LogP contribution in [0.1, 0.15) is 27.7 Å². The van der Waals surface area contributed by atoms with Crippen molar-refractivity contribution in [1.29, 1.82) is 0 Å². The van der Waals surface area contributed by atoms with E-state index in [0.29, 0.717) is 0 Å². The third-order valence-electron chi connectivity index (χ3n) is 1.69. The number of rotatable bonds is 5. The van der Waals surface area contributed by atoms with Crippen molar-refractivity contribution in [2.24, 2.45) is 5.41 Å². The van der Waals surface area contributed by atoms with E-state index in [2.05, 4.69) is 25.2 Å². The number of aliphatic hydroxyl groups excluding tert-OH is 1. The predicted octanol–water partition coefficient (Wildman–Crippen LogP) is 1.56. The van der Waals surface area contributed by atoms with E-state index in [-0.39, 0.29) is 12.0 Å². The van der Waals surface area contributed by atoms with Crippen LogP contribution in [-0.4, -0.2) is 24.8 Å². The van der Waals surface area contributed by atoms with Gasteiger partial charge >= 0.3 is 0 Å². The van der Waals surface area contributed by atoms with Gasteiger partial charge in [-0.05, 0) is 13.8 Å². The SMILES string of the molecule is CC(C)=CCNCC(C)(C)CO. The highest BCUT2D eigenvalue weighted by Gasteiger charge is 2.14. The van der Waals surface area contributed by atoms with Gasteiger partial charge in [-0.2, -0.15) is 0 Å². The summed E-state index contributed by atoms with van der Waals surface area (Å²) in [7, 11) is 0. The van der Waals surface area contributed by atoms with Crippen molar-refractivity contribution >= 4 is 0 Å². The highest BCUT2D eigenvalue weighted by atomic mass is 16.3. The summed E-state index contributed by atoms with van der Waals surface area (Å²) in [6.07, 6.45) is 2.15. The van der Waals surface area contributed by atoms with Crippen LogP contribution >= 0.6 is 0 Å². The predicted molar refractivity (Wildman–Crippen MR) is 53.2 cm³/mol. The van der Waals surface area contributed by atoms with Crippen molar-refractivity contribution in [2.45, 2.75) is 27.7 Å². The zero-order valence-electron chi connectivity index (χ0n) is 8.65. The van der Waals surface area contributed by atoms with Gasteiger partial charge in [-0.15, -0.1) is 0 Å². The molecule has 0 unspecified atom stereocenters. The minimum atomic E-state index is -0.00448. The lowest BCUT2D eigenvalue weighted by molar-refractivity contribution is 0.158. The van der Waals surface area contributed by atoms with Crippen molar-refractivity contribution in [1.82, 2.24) is 5.32 Å². The molecule has 0 aromatic heterocycles. The van der Waals surface area contributed by atoms with Gasteiger partial charge in [-0.25, -0.2) is 0 Å². The van der Waals surface area contributed by atoms with Gasteiger partial charge in [-0.3, -0.25) is 0 Å². The molecule has 0 aliphatic heterocycles. The molecule has 0 aliphatic rings. The fourth-order valence-corrected chi connectivity index (χ4v) is 0.743. The first-order chi connectivity index (χ1) is 5.48. The Balaban J connectivity index is 3.50. The highest BCUT2D eigenvalue weighted by molar-refractivity contribution is 4.94. The van der Waals surface area contributed by atoms with Crippen LogP contribution < -0.4 is 5.32 Å². The van der Waals surface area contributed by atoms with E-state index in [1.807, 2.05) is 13.8 Å². The molecule has 0 fully saturated rings. The van der Waals surface area contributed by atoms with E-state index in [0.717, 1.165) is 13.1 Å². The molecule has 0 saturated heterocycles. The number of nitrogens with one attached hydrogen (secondary N) is 1. The van der Waals surface area contributed by atoms with Gasteiger partial charge in [0.2, 0.25) is 0 Å². The minimum absolute atomic E-state index is 0.00448. The van der Waals surface area contributed by atoms with Crippen molar-refractivity contribution < 1.29 is 5.11 Å². The van der Waals surface area contributed by atoms with Crippen LogP contribution in [0.3, 0.4) is 0 Å². The van der Waals surface area contributed by atoms with E-state index in [4.69, 9.17) is 5.11 Å². The van der Waals surface area contributed by atoms with Crippen LogP contribution in [0.15, 0.2) is 11.6 Å². The smallest absolute Gasteiger partial charge is 0.0494 e. The number of allylic oxidation sites excluding steroid dienone is 1. The molecule has 0 saturated carbocycles. The first-order valence-electron chi connectivity index (χ1n) is 4.43. The molecule has 12 heavy (non-hydrogen) atoms. The average molecular weight is 171 g/mol. The zero-order chi connectivity index (χ0) is 9.61. The van der Waals surface area contributed by atoms with Crippen LogP contribution in [0, 0.1) is 5.41 Å². The first-order valence-corrected chi connectivity index (χ1v) is 4.43. The van der Waals surface area contributed by atoms with E-state index < -0.39 is 0 Å². The molecule has 0 rings (SSSR count). The number of aliphatic hydroxyl groups is 1. The molecular formula is C10H21NO. The van der Waals surface area contributed by atoms with Crippen LogP contribution in [0.25, 0.3) is 0 Å². The van der Waals surface area contributed by atoms with Crippen LogP contribution in [0.2, 0.25) is 0 Å². The Labute approximate surface area is 75.7 Å². The standard InChI is InChI=1S/C10H21NO/c1-9(2)5-6-11-7-10(3,4)8-12/h5,11-12H,6-8H2,1-4H3. The van der Waals surface area contributed by atoms with E-state index >= 15 is 0 Å². The molecule has 0 aliphatic carbocycles. The molecule has 0 amide bonds. The number of hydrogen-bond acceptors (Lipinski definition) is 2. The third-order valence-corrected chi connectivity index (χ3v) is 1.69. The second kappa shape index (κ2) is 5.33.